The molecule has 0 aromatic rings. The molecule has 4 nitrogen and oxygen atoms in total. The van der Waals surface area contributed by atoms with Gasteiger partial charge in [-0.2, -0.15) is 0 Å². The number of carbonyl (C=O) groups is 2. The van der Waals surface area contributed by atoms with Crippen LogP contribution < -0.4 is 0 Å². The van der Waals surface area contributed by atoms with Crippen molar-refractivity contribution in [3.63, 3.8) is 0 Å². The molecule has 0 amide bonds. The number of aliphatic carboxylic acids is 2. The van der Waals surface area contributed by atoms with Gasteiger partial charge in [0.1, 0.15) is 0 Å². The summed E-state index contributed by atoms with van der Waals surface area (Å²) < 4.78 is 0. The lowest BCUT2D eigenvalue weighted by molar-refractivity contribution is -0.138. The maximum absolute atomic E-state index is 11.4. The first kappa shape index (κ1) is 23.8. The number of fused-ring (bicyclic) bond motifs is 3. The van der Waals surface area contributed by atoms with Gasteiger partial charge >= 0.3 is 11.9 Å². The number of hydrogen-bond acceptors (Lipinski definition) is 2. The molecule has 2 N–H and O–H groups in total. The Balaban J connectivity index is 1.93. The van der Waals surface area contributed by atoms with Gasteiger partial charge in [0.05, 0.1) is 0 Å². The molecular weight excluding hydrogens is 388 g/mol. The highest BCUT2D eigenvalue weighted by atomic mass is 16.4. The van der Waals surface area contributed by atoms with E-state index < -0.39 is 11.9 Å². The first-order valence-electron chi connectivity index (χ1n) is 11.9. The molecule has 0 unspecified atom stereocenters. The molecule has 0 heterocycles. The van der Waals surface area contributed by atoms with Crippen LogP contribution in [0.2, 0.25) is 0 Å². The summed E-state index contributed by atoms with van der Waals surface area (Å²) in [4.78, 5) is 22.5. The van der Waals surface area contributed by atoms with Gasteiger partial charge < -0.3 is 10.2 Å². The van der Waals surface area contributed by atoms with Crippen LogP contribution in [-0.2, 0) is 9.59 Å². The fourth-order valence-electron chi connectivity index (χ4n) is 7.41. The Morgan fingerprint density at radius 2 is 1.81 bits per heavy atom. The Morgan fingerprint density at radius 1 is 1.16 bits per heavy atom. The second-order valence-corrected chi connectivity index (χ2v) is 11.1. The van der Waals surface area contributed by atoms with Crippen LogP contribution in [0.15, 0.2) is 36.0 Å². The van der Waals surface area contributed by atoms with Crippen LogP contribution in [0.1, 0.15) is 79.1 Å². The molecular formula is C27H40O4. The van der Waals surface area contributed by atoms with Crippen molar-refractivity contribution in [1.82, 2.24) is 0 Å². The highest BCUT2D eigenvalue weighted by Crippen LogP contribution is 2.67. The molecule has 0 aromatic heterocycles. The maximum Gasteiger partial charge on any atom is 0.303 e. The van der Waals surface area contributed by atoms with Gasteiger partial charge in [0, 0.05) is 18.8 Å². The molecule has 0 bridgehead atoms. The van der Waals surface area contributed by atoms with Gasteiger partial charge in [-0.1, -0.05) is 56.7 Å². The molecule has 3 aliphatic rings. The summed E-state index contributed by atoms with van der Waals surface area (Å²) in [5.74, 6) is 0.296. The molecule has 4 heteroatoms. The van der Waals surface area contributed by atoms with Crippen LogP contribution in [0.5, 0.6) is 0 Å². The van der Waals surface area contributed by atoms with Crippen molar-refractivity contribution in [2.45, 2.75) is 79.1 Å². The first-order chi connectivity index (χ1) is 14.4. The summed E-state index contributed by atoms with van der Waals surface area (Å²) in [5.41, 5.74) is 3.84. The van der Waals surface area contributed by atoms with Gasteiger partial charge in [0.2, 0.25) is 0 Å². The first-order valence-corrected chi connectivity index (χ1v) is 11.9. The predicted molar refractivity (Wildman–Crippen MR) is 124 cm³/mol. The summed E-state index contributed by atoms with van der Waals surface area (Å²) in [6.45, 7) is 17.8. The topological polar surface area (TPSA) is 74.6 Å². The average molecular weight is 429 g/mol. The van der Waals surface area contributed by atoms with Gasteiger partial charge in [0.25, 0.3) is 0 Å². The van der Waals surface area contributed by atoms with Gasteiger partial charge in [-0.25, -0.2) is 0 Å². The van der Waals surface area contributed by atoms with Crippen molar-refractivity contribution in [1.29, 1.82) is 0 Å². The number of carboxylic acids is 2. The molecule has 0 saturated heterocycles. The molecule has 172 valence electrons. The van der Waals surface area contributed by atoms with E-state index >= 15 is 0 Å². The highest BCUT2D eigenvalue weighted by Gasteiger charge is 2.58. The minimum absolute atomic E-state index is 0.139. The lowest BCUT2D eigenvalue weighted by Gasteiger charge is -2.52. The lowest BCUT2D eigenvalue weighted by atomic mass is 9.52. The Kier molecular flexibility index (Phi) is 6.60. The quantitative estimate of drug-likeness (QED) is 0.433. The van der Waals surface area contributed by atoms with Gasteiger partial charge in [-0.15, -0.1) is 0 Å². The van der Waals surface area contributed by atoms with Crippen LogP contribution in [0.25, 0.3) is 0 Å². The molecule has 3 aliphatic carbocycles. The SMILES string of the molecule is C=C1[C@@H]([C@H](C)CCC(=O)O)CC[C@@]2(C)[C@@H]3CC[C@@H](C(=C)C)[C@](C)(CCC(=O)O)C3=C[C@@H]12. The molecule has 0 aliphatic heterocycles. The van der Waals surface area contributed by atoms with Gasteiger partial charge in [-0.3, -0.25) is 9.59 Å². The van der Waals surface area contributed by atoms with E-state index in [1.165, 1.54) is 11.1 Å². The predicted octanol–water partition coefficient (Wildman–Crippen LogP) is 6.49. The summed E-state index contributed by atoms with van der Waals surface area (Å²) in [6.07, 6.45) is 8.58. The molecule has 2 saturated carbocycles. The third kappa shape index (κ3) is 4.15. The van der Waals surface area contributed by atoms with E-state index in [1.807, 2.05) is 0 Å². The van der Waals surface area contributed by atoms with Crippen molar-refractivity contribution in [3.05, 3.63) is 36.0 Å². The smallest absolute Gasteiger partial charge is 0.303 e. The van der Waals surface area contributed by atoms with E-state index in [-0.39, 0.29) is 23.7 Å². The monoisotopic (exact) mass is 428 g/mol. The highest BCUT2D eigenvalue weighted by molar-refractivity contribution is 5.67. The van der Waals surface area contributed by atoms with Gasteiger partial charge in [0.15, 0.2) is 0 Å². The Bertz CT molecular complexity index is 808. The van der Waals surface area contributed by atoms with E-state index in [2.05, 4.69) is 46.9 Å². The molecule has 3 rings (SSSR count). The van der Waals surface area contributed by atoms with Gasteiger partial charge in [-0.05, 0) is 80.0 Å². The summed E-state index contributed by atoms with van der Waals surface area (Å²) in [7, 11) is 0. The number of hydrogen-bond donors (Lipinski definition) is 2. The van der Waals surface area contributed by atoms with Crippen LogP contribution in [0.3, 0.4) is 0 Å². The second-order valence-electron chi connectivity index (χ2n) is 11.1. The fraction of sp³-hybridized carbons (Fsp3) is 0.704. The van der Waals surface area contributed by atoms with Crippen molar-refractivity contribution < 1.29 is 19.8 Å². The maximum atomic E-state index is 11.4. The van der Waals surface area contributed by atoms with Crippen molar-refractivity contribution in [3.8, 4) is 0 Å². The Hall–Kier alpha value is -1.84. The zero-order valence-corrected chi connectivity index (χ0v) is 19.7. The summed E-state index contributed by atoms with van der Waals surface area (Å²) in [5, 5.41) is 18.5. The number of allylic oxidation sites excluding steroid dienone is 4. The lowest BCUT2D eigenvalue weighted by Crippen LogP contribution is -2.44. The van der Waals surface area contributed by atoms with E-state index in [0.29, 0.717) is 42.4 Å². The van der Waals surface area contributed by atoms with E-state index in [0.717, 1.165) is 31.3 Å². The van der Waals surface area contributed by atoms with Crippen molar-refractivity contribution >= 4 is 11.9 Å². The third-order valence-electron chi connectivity index (χ3n) is 9.22. The molecule has 2 fully saturated rings. The summed E-state index contributed by atoms with van der Waals surface area (Å²) in [6, 6.07) is 0. The van der Waals surface area contributed by atoms with Crippen molar-refractivity contribution in [2.75, 3.05) is 0 Å². The van der Waals surface area contributed by atoms with Crippen LogP contribution in [-0.4, -0.2) is 22.2 Å². The largest absolute Gasteiger partial charge is 0.481 e. The fourth-order valence-corrected chi connectivity index (χ4v) is 7.41. The molecule has 31 heavy (non-hydrogen) atoms. The zero-order valence-electron chi connectivity index (χ0n) is 19.7. The Labute approximate surface area is 187 Å². The third-order valence-corrected chi connectivity index (χ3v) is 9.22. The summed E-state index contributed by atoms with van der Waals surface area (Å²) >= 11 is 0. The normalized spacial score (nSPS) is 38.1. The van der Waals surface area contributed by atoms with Crippen LogP contribution in [0, 0.1) is 40.4 Å². The Morgan fingerprint density at radius 3 is 2.39 bits per heavy atom. The molecule has 0 aromatic carbocycles. The number of carboxylic acid groups (broad SMARTS) is 2. The molecule has 7 atom stereocenters. The molecule has 0 spiro atoms. The van der Waals surface area contributed by atoms with Crippen molar-refractivity contribution in [2.24, 2.45) is 40.4 Å². The van der Waals surface area contributed by atoms with Crippen LogP contribution >= 0.6 is 0 Å². The zero-order chi connectivity index (χ0) is 23.1. The number of rotatable bonds is 8. The van der Waals surface area contributed by atoms with E-state index in [1.54, 1.807) is 0 Å². The minimum Gasteiger partial charge on any atom is -0.481 e. The van der Waals surface area contributed by atoms with E-state index in [4.69, 9.17) is 5.11 Å². The molecule has 0 radical (unpaired) electrons. The average Bonchev–Trinajstić information content (AvgIpc) is 2.99. The standard InChI is InChI=1S/C27H40O4/c1-16(2)20-8-9-21-23(26(20,5)14-12-25(30)31)15-22-18(4)19(11-13-27(21,22)6)17(3)7-10-24(28)29/h15,17,19-22H,1,4,7-14H2,2-3,5-6H3,(H,28,29)(H,30,31)/t17-,19-,20+,21-,22+,26+,27+/m1/s1. The van der Waals surface area contributed by atoms with E-state index in [9.17, 15) is 14.7 Å². The second kappa shape index (κ2) is 8.60. The minimum atomic E-state index is -0.734. The van der Waals surface area contributed by atoms with Crippen LogP contribution in [0.4, 0.5) is 0 Å².